The van der Waals surface area contributed by atoms with Crippen molar-refractivity contribution in [3.63, 3.8) is 0 Å². The molecule has 92 valence electrons. The van der Waals surface area contributed by atoms with E-state index in [0.717, 1.165) is 32.4 Å². The molecule has 0 heterocycles. The molecule has 0 aromatic heterocycles. The van der Waals surface area contributed by atoms with Crippen LogP contribution in [0.1, 0.15) is 40.0 Å². The summed E-state index contributed by atoms with van der Waals surface area (Å²) in [5.41, 5.74) is 0. The van der Waals surface area contributed by atoms with E-state index >= 15 is 0 Å². The Morgan fingerprint density at radius 1 is 1.13 bits per heavy atom. The third-order valence-corrected chi connectivity index (χ3v) is 3.99. The molecule has 0 amide bonds. The summed E-state index contributed by atoms with van der Waals surface area (Å²) < 4.78 is 22.9. The lowest BCUT2D eigenvalue weighted by Gasteiger charge is -2.07. The van der Waals surface area contributed by atoms with Crippen LogP contribution >= 0.6 is 0 Å². The van der Waals surface area contributed by atoms with Crippen LogP contribution in [0.5, 0.6) is 0 Å². The Morgan fingerprint density at radius 3 is 2.27 bits per heavy atom. The summed E-state index contributed by atoms with van der Waals surface area (Å²) in [5.74, 6) is 1.31. The Balaban J connectivity index is 3.49. The van der Waals surface area contributed by atoms with Gasteiger partial charge in [0, 0.05) is 0 Å². The molecule has 4 heteroatoms. The molecule has 0 rings (SSSR count). The number of hydrogen-bond acceptors (Lipinski definition) is 3. The number of hydrogen-bond donors (Lipinski definition) is 1. The molecule has 15 heavy (non-hydrogen) atoms. The number of nitrogens with one attached hydrogen (secondary N) is 1. The van der Waals surface area contributed by atoms with Crippen LogP contribution in [0.2, 0.25) is 0 Å². The molecule has 0 aromatic rings. The number of unbranched alkanes of at least 4 members (excludes halogenated alkanes) is 1. The molecule has 0 unspecified atom stereocenters. The largest absolute Gasteiger partial charge is 0.316 e. The van der Waals surface area contributed by atoms with Crippen LogP contribution in [-0.2, 0) is 9.84 Å². The Kier molecular flexibility index (Phi) is 8.06. The van der Waals surface area contributed by atoms with Gasteiger partial charge in [-0.3, -0.25) is 0 Å². The monoisotopic (exact) mass is 235 g/mol. The molecule has 0 saturated carbocycles. The Morgan fingerprint density at radius 2 is 1.73 bits per heavy atom. The second kappa shape index (κ2) is 8.11. The van der Waals surface area contributed by atoms with Crippen LogP contribution in [0, 0.1) is 5.92 Å². The molecule has 1 N–H and O–H groups in total. The van der Waals surface area contributed by atoms with E-state index in [1.807, 2.05) is 6.92 Å². The molecule has 0 spiro atoms. The third kappa shape index (κ3) is 10.2. The highest BCUT2D eigenvalue weighted by molar-refractivity contribution is 7.91. The van der Waals surface area contributed by atoms with Gasteiger partial charge in [0.1, 0.15) is 9.84 Å². The van der Waals surface area contributed by atoms with E-state index in [-0.39, 0.29) is 0 Å². The minimum Gasteiger partial charge on any atom is -0.316 e. The van der Waals surface area contributed by atoms with E-state index in [9.17, 15) is 8.42 Å². The van der Waals surface area contributed by atoms with Gasteiger partial charge in [0.2, 0.25) is 0 Å². The predicted molar refractivity (Wildman–Crippen MR) is 65.9 cm³/mol. The van der Waals surface area contributed by atoms with Crippen molar-refractivity contribution >= 4 is 9.84 Å². The van der Waals surface area contributed by atoms with Gasteiger partial charge in [0.05, 0.1) is 11.5 Å². The number of sulfone groups is 1. The highest BCUT2D eigenvalue weighted by atomic mass is 32.2. The topological polar surface area (TPSA) is 46.2 Å². The standard InChI is InChI=1S/C11H25NO2S/c1-4-5-8-15(13,14)9-6-7-12-10-11(2)3/h11-12H,4-10H2,1-3H3. The normalized spacial score (nSPS) is 12.3. The van der Waals surface area contributed by atoms with Crippen molar-refractivity contribution < 1.29 is 8.42 Å². The zero-order chi connectivity index (χ0) is 11.7. The molecule has 0 atom stereocenters. The van der Waals surface area contributed by atoms with Gasteiger partial charge < -0.3 is 5.32 Å². The SMILES string of the molecule is CCCCS(=O)(=O)CCCNCC(C)C. The average molecular weight is 235 g/mol. The van der Waals surface area contributed by atoms with Crippen LogP contribution in [-0.4, -0.2) is 33.0 Å². The first-order chi connectivity index (χ1) is 6.98. The van der Waals surface area contributed by atoms with Crippen LogP contribution in [0.25, 0.3) is 0 Å². The lowest BCUT2D eigenvalue weighted by molar-refractivity contribution is 0.546. The summed E-state index contributed by atoms with van der Waals surface area (Å²) in [6.07, 6.45) is 2.48. The Hall–Kier alpha value is -0.0900. The zero-order valence-corrected chi connectivity index (χ0v) is 11.1. The van der Waals surface area contributed by atoms with Crippen LogP contribution in [0.15, 0.2) is 0 Å². The van der Waals surface area contributed by atoms with E-state index in [2.05, 4.69) is 19.2 Å². The zero-order valence-electron chi connectivity index (χ0n) is 10.3. The first-order valence-corrected chi connectivity index (χ1v) is 7.71. The summed E-state index contributed by atoms with van der Waals surface area (Å²) in [5, 5.41) is 3.25. The van der Waals surface area contributed by atoms with Crippen molar-refractivity contribution in [2.45, 2.75) is 40.0 Å². The van der Waals surface area contributed by atoms with Gasteiger partial charge in [-0.05, 0) is 31.8 Å². The molecule has 0 aliphatic carbocycles. The van der Waals surface area contributed by atoms with Crippen molar-refractivity contribution in [2.24, 2.45) is 5.92 Å². The lowest BCUT2D eigenvalue weighted by Crippen LogP contribution is -2.23. The molecule has 0 aliphatic heterocycles. The van der Waals surface area contributed by atoms with Gasteiger partial charge in [-0.1, -0.05) is 27.2 Å². The summed E-state index contributed by atoms with van der Waals surface area (Å²) in [7, 11) is -2.78. The fourth-order valence-electron chi connectivity index (χ4n) is 1.27. The Bertz CT molecular complexity index is 235. The van der Waals surface area contributed by atoms with Crippen molar-refractivity contribution in [2.75, 3.05) is 24.6 Å². The summed E-state index contributed by atoms with van der Waals surface area (Å²) in [4.78, 5) is 0. The van der Waals surface area contributed by atoms with Crippen molar-refractivity contribution in [3.8, 4) is 0 Å². The fourth-order valence-corrected chi connectivity index (χ4v) is 2.79. The molecule has 0 radical (unpaired) electrons. The van der Waals surface area contributed by atoms with Gasteiger partial charge in [-0.2, -0.15) is 0 Å². The summed E-state index contributed by atoms with van der Waals surface area (Å²) in [6, 6.07) is 0. The first kappa shape index (κ1) is 14.9. The van der Waals surface area contributed by atoms with E-state index in [4.69, 9.17) is 0 Å². The molecule has 0 fully saturated rings. The minimum atomic E-state index is -2.78. The van der Waals surface area contributed by atoms with Gasteiger partial charge in [-0.25, -0.2) is 8.42 Å². The van der Waals surface area contributed by atoms with Gasteiger partial charge in [0.15, 0.2) is 0 Å². The highest BCUT2D eigenvalue weighted by Gasteiger charge is 2.08. The predicted octanol–water partition coefficient (Wildman–Crippen LogP) is 1.84. The molecule has 0 saturated heterocycles. The first-order valence-electron chi connectivity index (χ1n) is 5.89. The maximum Gasteiger partial charge on any atom is 0.150 e. The average Bonchev–Trinajstić information content (AvgIpc) is 2.14. The van der Waals surface area contributed by atoms with E-state index in [1.165, 1.54) is 0 Å². The van der Waals surface area contributed by atoms with Crippen LogP contribution in [0.3, 0.4) is 0 Å². The van der Waals surface area contributed by atoms with Crippen molar-refractivity contribution in [1.82, 2.24) is 5.32 Å². The van der Waals surface area contributed by atoms with Crippen LogP contribution < -0.4 is 5.32 Å². The van der Waals surface area contributed by atoms with Crippen molar-refractivity contribution in [3.05, 3.63) is 0 Å². The van der Waals surface area contributed by atoms with E-state index < -0.39 is 9.84 Å². The second-order valence-corrected chi connectivity index (χ2v) is 6.76. The minimum absolute atomic E-state index is 0.331. The highest BCUT2D eigenvalue weighted by Crippen LogP contribution is 1.99. The van der Waals surface area contributed by atoms with Crippen LogP contribution in [0.4, 0.5) is 0 Å². The van der Waals surface area contributed by atoms with Gasteiger partial charge in [-0.15, -0.1) is 0 Å². The van der Waals surface area contributed by atoms with Crippen molar-refractivity contribution in [1.29, 1.82) is 0 Å². The summed E-state index contributed by atoms with van der Waals surface area (Å²) in [6.45, 7) is 8.08. The maximum atomic E-state index is 11.5. The molecular weight excluding hydrogens is 210 g/mol. The lowest BCUT2D eigenvalue weighted by atomic mass is 10.2. The molecular formula is C11H25NO2S. The van der Waals surface area contributed by atoms with E-state index in [0.29, 0.717) is 17.4 Å². The summed E-state index contributed by atoms with van der Waals surface area (Å²) >= 11 is 0. The van der Waals surface area contributed by atoms with Gasteiger partial charge >= 0.3 is 0 Å². The second-order valence-electron chi connectivity index (χ2n) is 4.46. The molecule has 0 aromatic carbocycles. The quantitative estimate of drug-likeness (QED) is 0.620. The smallest absolute Gasteiger partial charge is 0.150 e. The molecule has 0 bridgehead atoms. The fraction of sp³-hybridized carbons (Fsp3) is 1.00. The number of rotatable bonds is 9. The third-order valence-electron chi connectivity index (χ3n) is 2.17. The Labute approximate surface area is 94.6 Å². The molecule has 0 aliphatic rings. The maximum absolute atomic E-state index is 11.5. The van der Waals surface area contributed by atoms with E-state index in [1.54, 1.807) is 0 Å². The molecule has 3 nitrogen and oxygen atoms in total. The van der Waals surface area contributed by atoms with Gasteiger partial charge in [0.25, 0.3) is 0 Å².